The molecule has 0 bridgehead atoms. The van der Waals surface area contributed by atoms with Crippen LogP contribution in [0.3, 0.4) is 0 Å². The number of aliphatic imine (C=N–C) groups is 1. The highest BCUT2D eigenvalue weighted by molar-refractivity contribution is 7.98. The molecule has 0 unspecified atom stereocenters. The monoisotopic (exact) mass is 338 g/mol. The topological polar surface area (TPSA) is 49.3 Å². The summed E-state index contributed by atoms with van der Waals surface area (Å²) in [7, 11) is 0. The van der Waals surface area contributed by atoms with E-state index in [-0.39, 0.29) is 0 Å². The van der Waals surface area contributed by atoms with Crippen molar-refractivity contribution in [3.05, 3.63) is 52.3 Å². The molecule has 1 aliphatic rings. The molecule has 4 nitrogen and oxygen atoms in total. The van der Waals surface area contributed by atoms with E-state index in [2.05, 4.69) is 20.0 Å². The van der Waals surface area contributed by atoms with Crippen LogP contribution in [-0.4, -0.2) is 17.5 Å². The summed E-state index contributed by atoms with van der Waals surface area (Å²) < 4.78 is 3.14. The lowest BCUT2D eigenvalue weighted by atomic mass is 10.3. The third kappa shape index (κ3) is 3.61. The first-order valence-corrected chi connectivity index (χ1v) is 7.93. The number of nitrogens with one attached hydrogen (secondary N) is 2. The number of nitrogens with zero attached hydrogens (tertiary/aromatic N) is 2. The molecule has 1 aromatic carbocycles. The Labute approximate surface area is 137 Å². The van der Waals surface area contributed by atoms with Crippen LogP contribution in [0.2, 0.25) is 10.0 Å². The number of anilines is 1. The largest absolute Gasteiger partial charge is 0.325 e. The number of guanidine groups is 1. The minimum Gasteiger partial charge on any atom is -0.325 e. The molecule has 7 heteroatoms. The number of aromatic nitrogens is 1. The average Bonchev–Trinajstić information content (AvgIpc) is 2.50. The standard InChI is InChI=1S/C14H12Cl2N4S/c15-10-7-12-13(8-11(10)16)21-20-14(19-12)18-6-4-9-3-1-2-5-17-9/h1-3,5,7-8H,4,6H2,(H2,18,19,20). The number of halogens is 2. The maximum absolute atomic E-state index is 6.03. The number of rotatable bonds is 3. The highest BCUT2D eigenvalue weighted by Gasteiger charge is 2.15. The molecule has 0 amide bonds. The quantitative estimate of drug-likeness (QED) is 0.830. The smallest absolute Gasteiger partial charge is 0.206 e. The van der Waals surface area contributed by atoms with E-state index >= 15 is 0 Å². The van der Waals surface area contributed by atoms with Crippen LogP contribution in [0.4, 0.5) is 5.69 Å². The molecule has 0 saturated heterocycles. The van der Waals surface area contributed by atoms with Crippen molar-refractivity contribution in [3.63, 3.8) is 0 Å². The van der Waals surface area contributed by atoms with Crippen LogP contribution in [0.25, 0.3) is 0 Å². The molecule has 2 heterocycles. The van der Waals surface area contributed by atoms with Crippen molar-refractivity contribution in [2.24, 2.45) is 4.99 Å². The van der Waals surface area contributed by atoms with E-state index in [0.29, 0.717) is 22.5 Å². The van der Waals surface area contributed by atoms with Crippen LogP contribution < -0.4 is 10.0 Å². The van der Waals surface area contributed by atoms with E-state index in [0.717, 1.165) is 22.7 Å². The van der Waals surface area contributed by atoms with Crippen molar-refractivity contribution in [1.29, 1.82) is 0 Å². The zero-order valence-electron chi connectivity index (χ0n) is 10.9. The van der Waals surface area contributed by atoms with Gasteiger partial charge in [-0.25, -0.2) is 0 Å². The Morgan fingerprint density at radius 2 is 2.05 bits per heavy atom. The molecule has 21 heavy (non-hydrogen) atoms. The van der Waals surface area contributed by atoms with Crippen molar-refractivity contribution >= 4 is 46.8 Å². The molecule has 2 aromatic rings. The molecule has 0 radical (unpaired) electrons. The Morgan fingerprint density at radius 1 is 1.19 bits per heavy atom. The molecule has 2 N–H and O–H groups in total. The fourth-order valence-corrected chi connectivity index (χ4v) is 2.98. The highest BCUT2D eigenvalue weighted by Crippen LogP contribution is 2.35. The summed E-state index contributed by atoms with van der Waals surface area (Å²) in [5.41, 5.74) is 1.94. The Balaban J connectivity index is 1.65. The van der Waals surface area contributed by atoms with Crippen LogP contribution in [0.1, 0.15) is 5.69 Å². The summed E-state index contributed by atoms with van der Waals surface area (Å²) in [4.78, 5) is 9.75. The highest BCUT2D eigenvalue weighted by atomic mass is 35.5. The lowest BCUT2D eigenvalue weighted by molar-refractivity contribution is 0.918. The lowest BCUT2D eigenvalue weighted by Gasteiger charge is -2.21. The minimum absolute atomic E-state index is 0.526. The third-order valence-corrected chi connectivity index (χ3v) is 4.47. The number of benzene rings is 1. The maximum Gasteiger partial charge on any atom is 0.206 e. The predicted molar refractivity (Wildman–Crippen MR) is 89.3 cm³/mol. The van der Waals surface area contributed by atoms with Gasteiger partial charge in [-0.1, -0.05) is 29.3 Å². The van der Waals surface area contributed by atoms with Crippen LogP contribution in [0.5, 0.6) is 0 Å². The first kappa shape index (κ1) is 14.5. The summed E-state index contributed by atoms with van der Waals surface area (Å²) >= 11 is 13.5. The number of pyridine rings is 1. The molecule has 0 spiro atoms. The van der Waals surface area contributed by atoms with E-state index in [9.17, 15) is 0 Å². The second-order valence-corrected chi connectivity index (χ2v) is 6.06. The maximum atomic E-state index is 6.03. The van der Waals surface area contributed by atoms with Gasteiger partial charge < -0.3 is 5.32 Å². The van der Waals surface area contributed by atoms with Crippen molar-refractivity contribution in [1.82, 2.24) is 9.71 Å². The lowest BCUT2D eigenvalue weighted by Crippen LogP contribution is -2.29. The summed E-state index contributed by atoms with van der Waals surface area (Å²) in [5, 5.41) is 4.28. The van der Waals surface area contributed by atoms with Crippen LogP contribution in [0.15, 0.2) is 46.4 Å². The predicted octanol–water partition coefficient (Wildman–Crippen LogP) is 4.01. The Hall–Kier alpha value is -1.43. The van der Waals surface area contributed by atoms with Gasteiger partial charge in [0.05, 0.1) is 20.6 Å². The first-order valence-electron chi connectivity index (χ1n) is 6.35. The molecule has 1 aromatic heterocycles. The molecule has 0 aliphatic carbocycles. The molecule has 0 saturated carbocycles. The van der Waals surface area contributed by atoms with Gasteiger partial charge in [0.2, 0.25) is 5.96 Å². The van der Waals surface area contributed by atoms with Crippen molar-refractivity contribution in [2.45, 2.75) is 11.3 Å². The van der Waals surface area contributed by atoms with Crippen LogP contribution in [0, 0.1) is 0 Å². The molecule has 1 aliphatic heterocycles. The van der Waals surface area contributed by atoms with Crippen molar-refractivity contribution in [2.75, 3.05) is 11.9 Å². The first-order chi connectivity index (χ1) is 10.2. The molecule has 0 atom stereocenters. The van der Waals surface area contributed by atoms with E-state index in [4.69, 9.17) is 23.2 Å². The van der Waals surface area contributed by atoms with Gasteiger partial charge >= 0.3 is 0 Å². The molecule has 0 fully saturated rings. The summed E-state index contributed by atoms with van der Waals surface area (Å²) in [6.45, 7) is 0.656. The summed E-state index contributed by atoms with van der Waals surface area (Å²) in [6, 6.07) is 9.51. The number of hydrogen-bond acceptors (Lipinski definition) is 3. The Morgan fingerprint density at radius 3 is 2.86 bits per heavy atom. The fourth-order valence-electron chi connectivity index (χ4n) is 1.87. The van der Waals surface area contributed by atoms with Crippen molar-refractivity contribution in [3.8, 4) is 0 Å². The van der Waals surface area contributed by atoms with E-state index in [1.807, 2.05) is 24.3 Å². The number of fused-ring (bicyclic) bond motifs is 1. The van der Waals surface area contributed by atoms with Gasteiger partial charge in [-0.15, -0.1) is 0 Å². The number of hydrogen-bond donors (Lipinski definition) is 2. The third-order valence-electron chi connectivity index (χ3n) is 2.90. The van der Waals surface area contributed by atoms with E-state index in [1.165, 1.54) is 11.9 Å². The van der Waals surface area contributed by atoms with Gasteiger partial charge in [0.1, 0.15) is 0 Å². The minimum atomic E-state index is 0.526. The van der Waals surface area contributed by atoms with Gasteiger partial charge in [-0.2, -0.15) is 0 Å². The zero-order chi connectivity index (χ0) is 14.7. The summed E-state index contributed by atoms with van der Waals surface area (Å²) in [5.74, 6) is 0.710. The van der Waals surface area contributed by atoms with Gasteiger partial charge in [-0.05, 0) is 36.2 Å². The summed E-state index contributed by atoms with van der Waals surface area (Å²) in [6.07, 6.45) is 2.59. The zero-order valence-corrected chi connectivity index (χ0v) is 13.3. The average molecular weight is 339 g/mol. The SMILES string of the molecule is Clc1cc2c(cc1Cl)SNC(=NCCc1ccccn1)N2. The second kappa shape index (κ2) is 6.56. The Bertz CT molecular complexity index is 676. The molecular weight excluding hydrogens is 327 g/mol. The normalized spacial score (nSPS) is 15.2. The van der Waals surface area contributed by atoms with Crippen LogP contribution in [-0.2, 0) is 6.42 Å². The Kier molecular flexibility index (Phi) is 4.53. The van der Waals surface area contributed by atoms with Gasteiger partial charge in [0, 0.05) is 24.9 Å². The molecule has 108 valence electrons. The second-order valence-electron chi connectivity index (χ2n) is 4.39. The van der Waals surface area contributed by atoms with E-state index < -0.39 is 0 Å². The molecular formula is C14H12Cl2N4S. The van der Waals surface area contributed by atoms with E-state index in [1.54, 1.807) is 12.3 Å². The van der Waals surface area contributed by atoms with Gasteiger partial charge in [0.15, 0.2) is 0 Å². The van der Waals surface area contributed by atoms with Crippen LogP contribution >= 0.6 is 35.1 Å². The van der Waals surface area contributed by atoms with Crippen molar-refractivity contribution < 1.29 is 0 Å². The molecule has 3 rings (SSSR count). The van der Waals surface area contributed by atoms with Gasteiger partial charge in [0.25, 0.3) is 0 Å². The fraction of sp³-hybridized carbons (Fsp3) is 0.143. The van der Waals surface area contributed by atoms with Gasteiger partial charge in [-0.3, -0.25) is 14.7 Å².